The molecule has 1 aromatic heterocycles. The number of piperidine rings is 1. The number of aliphatic carboxylic acids is 1. The standard InChI is InChI=1S/C12H17N3O2/c1-8-3-4-15(10(5-8)11(16)17)12-13-6-9(2)7-14-12/h6-8,10H,3-5H2,1-2H3,(H,16,17). The number of aryl methyl sites for hydroxylation is 1. The molecule has 2 unspecified atom stereocenters. The van der Waals surface area contributed by atoms with Crippen molar-refractivity contribution < 1.29 is 9.90 Å². The van der Waals surface area contributed by atoms with E-state index in [2.05, 4.69) is 16.9 Å². The maximum absolute atomic E-state index is 11.3. The van der Waals surface area contributed by atoms with Crippen LogP contribution in [-0.2, 0) is 4.79 Å². The zero-order chi connectivity index (χ0) is 12.4. The molecule has 2 atom stereocenters. The molecule has 0 radical (unpaired) electrons. The van der Waals surface area contributed by atoms with Gasteiger partial charge in [0.05, 0.1) is 0 Å². The number of hydrogen-bond donors (Lipinski definition) is 1. The fourth-order valence-electron chi connectivity index (χ4n) is 2.15. The van der Waals surface area contributed by atoms with Crippen LogP contribution < -0.4 is 4.90 Å². The Morgan fingerprint density at radius 3 is 2.71 bits per heavy atom. The van der Waals surface area contributed by atoms with Crippen molar-refractivity contribution in [2.75, 3.05) is 11.4 Å². The molecule has 17 heavy (non-hydrogen) atoms. The Morgan fingerprint density at radius 1 is 1.47 bits per heavy atom. The van der Waals surface area contributed by atoms with E-state index < -0.39 is 12.0 Å². The van der Waals surface area contributed by atoms with Crippen LogP contribution >= 0.6 is 0 Å². The Hall–Kier alpha value is -1.65. The maximum atomic E-state index is 11.3. The Kier molecular flexibility index (Phi) is 3.26. The molecule has 0 spiro atoms. The smallest absolute Gasteiger partial charge is 0.326 e. The molecule has 1 N–H and O–H groups in total. The minimum atomic E-state index is -0.791. The molecule has 1 saturated heterocycles. The Balaban J connectivity index is 2.23. The molecule has 2 heterocycles. The van der Waals surface area contributed by atoms with Crippen LogP contribution in [0.15, 0.2) is 12.4 Å². The summed E-state index contributed by atoms with van der Waals surface area (Å²) in [6.07, 6.45) is 5.09. The summed E-state index contributed by atoms with van der Waals surface area (Å²) in [5.74, 6) is 0.174. The summed E-state index contributed by atoms with van der Waals surface area (Å²) in [4.78, 5) is 21.5. The number of carboxylic acid groups (broad SMARTS) is 1. The Labute approximate surface area is 100 Å². The average molecular weight is 235 g/mol. The van der Waals surface area contributed by atoms with Gasteiger partial charge in [-0.1, -0.05) is 6.92 Å². The lowest BCUT2D eigenvalue weighted by atomic mass is 9.93. The van der Waals surface area contributed by atoms with Gasteiger partial charge < -0.3 is 10.0 Å². The SMILES string of the molecule is Cc1cnc(N2CCC(C)CC2C(=O)O)nc1. The van der Waals surface area contributed by atoms with Crippen molar-refractivity contribution in [3.05, 3.63) is 18.0 Å². The van der Waals surface area contributed by atoms with Crippen LogP contribution in [0.25, 0.3) is 0 Å². The van der Waals surface area contributed by atoms with Gasteiger partial charge in [-0.05, 0) is 31.2 Å². The number of aromatic nitrogens is 2. The van der Waals surface area contributed by atoms with Gasteiger partial charge >= 0.3 is 5.97 Å². The van der Waals surface area contributed by atoms with E-state index in [0.29, 0.717) is 24.8 Å². The average Bonchev–Trinajstić information content (AvgIpc) is 2.30. The second-order valence-electron chi connectivity index (χ2n) is 4.74. The first-order valence-corrected chi connectivity index (χ1v) is 5.86. The largest absolute Gasteiger partial charge is 0.480 e. The molecule has 5 nitrogen and oxygen atoms in total. The summed E-state index contributed by atoms with van der Waals surface area (Å²) in [5.41, 5.74) is 0.978. The van der Waals surface area contributed by atoms with Crippen molar-refractivity contribution in [2.24, 2.45) is 5.92 Å². The van der Waals surface area contributed by atoms with Gasteiger partial charge in [0.2, 0.25) is 5.95 Å². The highest BCUT2D eigenvalue weighted by Gasteiger charge is 2.33. The predicted molar refractivity (Wildman–Crippen MR) is 63.9 cm³/mol. The zero-order valence-corrected chi connectivity index (χ0v) is 10.1. The number of carbonyl (C=O) groups is 1. The van der Waals surface area contributed by atoms with E-state index in [9.17, 15) is 9.90 Å². The van der Waals surface area contributed by atoms with Crippen molar-refractivity contribution >= 4 is 11.9 Å². The Morgan fingerprint density at radius 2 is 2.12 bits per heavy atom. The van der Waals surface area contributed by atoms with Gasteiger partial charge in [-0.3, -0.25) is 0 Å². The first-order chi connectivity index (χ1) is 8.08. The van der Waals surface area contributed by atoms with Crippen molar-refractivity contribution in [2.45, 2.75) is 32.7 Å². The van der Waals surface area contributed by atoms with Crippen LogP contribution in [0.3, 0.4) is 0 Å². The number of nitrogens with zero attached hydrogens (tertiary/aromatic N) is 3. The highest BCUT2D eigenvalue weighted by atomic mass is 16.4. The second-order valence-corrected chi connectivity index (χ2v) is 4.74. The summed E-state index contributed by atoms with van der Waals surface area (Å²) in [7, 11) is 0. The normalized spacial score (nSPS) is 24.7. The molecule has 0 saturated carbocycles. The van der Waals surface area contributed by atoms with Gasteiger partial charge in [0.15, 0.2) is 0 Å². The number of anilines is 1. The summed E-state index contributed by atoms with van der Waals surface area (Å²) < 4.78 is 0. The highest BCUT2D eigenvalue weighted by Crippen LogP contribution is 2.25. The van der Waals surface area contributed by atoms with Crippen LogP contribution in [0.4, 0.5) is 5.95 Å². The minimum Gasteiger partial charge on any atom is -0.480 e. The maximum Gasteiger partial charge on any atom is 0.326 e. The van der Waals surface area contributed by atoms with Gasteiger partial charge in [-0.25, -0.2) is 14.8 Å². The monoisotopic (exact) mass is 235 g/mol. The number of rotatable bonds is 2. The van der Waals surface area contributed by atoms with Crippen molar-refractivity contribution in [1.29, 1.82) is 0 Å². The van der Waals surface area contributed by atoms with E-state index in [-0.39, 0.29) is 0 Å². The zero-order valence-electron chi connectivity index (χ0n) is 10.1. The third-order valence-electron chi connectivity index (χ3n) is 3.17. The van der Waals surface area contributed by atoms with E-state index >= 15 is 0 Å². The Bertz CT molecular complexity index is 405. The van der Waals surface area contributed by atoms with E-state index in [1.54, 1.807) is 17.3 Å². The van der Waals surface area contributed by atoms with Crippen LogP contribution in [-0.4, -0.2) is 33.6 Å². The third-order valence-corrected chi connectivity index (χ3v) is 3.17. The molecular formula is C12H17N3O2. The fourth-order valence-corrected chi connectivity index (χ4v) is 2.15. The van der Waals surface area contributed by atoms with Crippen molar-refractivity contribution in [3.8, 4) is 0 Å². The van der Waals surface area contributed by atoms with Crippen molar-refractivity contribution in [3.63, 3.8) is 0 Å². The van der Waals surface area contributed by atoms with Gasteiger partial charge in [-0.2, -0.15) is 0 Å². The number of carboxylic acids is 1. The molecule has 0 amide bonds. The van der Waals surface area contributed by atoms with E-state index in [1.807, 2.05) is 6.92 Å². The lowest BCUT2D eigenvalue weighted by Gasteiger charge is -2.35. The van der Waals surface area contributed by atoms with Crippen LogP contribution in [0.2, 0.25) is 0 Å². The topological polar surface area (TPSA) is 66.3 Å². The fraction of sp³-hybridized carbons (Fsp3) is 0.583. The van der Waals surface area contributed by atoms with Crippen molar-refractivity contribution in [1.82, 2.24) is 9.97 Å². The molecule has 0 bridgehead atoms. The van der Waals surface area contributed by atoms with Gasteiger partial charge in [-0.15, -0.1) is 0 Å². The minimum absolute atomic E-state index is 0.442. The van der Waals surface area contributed by atoms with Gasteiger partial charge in [0.1, 0.15) is 6.04 Å². The lowest BCUT2D eigenvalue weighted by molar-refractivity contribution is -0.139. The molecule has 1 aliphatic heterocycles. The molecule has 0 aliphatic carbocycles. The van der Waals surface area contributed by atoms with Gasteiger partial charge in [0.25, 0.3) is 0 Å². The summed E-state index contributed by atoms with van der Waals surface area (Å²) in [6.45, 7) is 4.71. The third kappa shape index (κ3) is 2.54. The second kappa shape index (κ2) is 4.69. The molecule has 5 heteroatoms. The highest BCUT2D eigenvalue weighted by molar-refractivity contribution is 5.77. The van der Waals surface area contributed by atoms with E-state index in [1.165, 1.54) is 0 Å². The predicted octanol–water partition coefficient (Wildman–Crippen LogP) is 1.47. The first-order valence-electron chi connectivity index (χ1n) is 5.86. The molecule has 92 valence electrons. The molecule has 0 aromatic carbocycles. The van der Waals surface area contributed by atoms with Crippen LogP contribution in [0.1, 0.15) is 25.3 Å². The molecular weight excluding hydrogens is 218 g/mol. The van der Waals surface area contributed by atoms with E-state index in [4.69, 9.17) is 0 Å². The van der Waals surface area contributed by atoms with Gasteiger partial charge in [0, 0.05) is 18.9 Å². The summed E-state index contributed by atoms with van der Waals surface area (Å²) in [6, 6.07) is -0.499. The summed E-state index contributed by atoms with van der Waals surface area (Å²) >= 11 is 0. The first kappa shape index (κ1) is 11.8. The lowest BCUT2D eigenvalue weighted by Crippen LogP contribution is -2.47. The van der Waals surface area contributed by atoms with Crippen LogP contribution in [0.5, 0.6) is 0 Å². The van der Waals surface area contributed by atoms with E-state index in [0.717, 1.165) is 12.0 Å². The molecule has 1 aromatic rings. The quantitative estimate of drug-likeness (QED) is 0.841. The number of hydrogen-bond acceptors (Lipinski definition) is 4. The molecule has 1 aliphatic rings. The summed E-state index contributed by atoms with van der Waals surface area (Å²) in [5, 5.41) is 9.25. The van der Waals surface area contributed by atoms with Crippen LogP contribution in [0, 0.1) is 12.8 Å². The molecule has 2 rings (SSSR count). The molecule has 1 fully saturated rings.